The number of nitrogens with zero attached hydrogens (tertiary/aromatic N) is 5. The van der Waals surface area contributed by atoms with E-state index in [1.54, 1.807) is 24.4 Å². The van der Waals surface area contributed by atoms with Crippen LogP contribution in [0.1, 0.15) is 29.8 Å². The van der Waals surface area contributed by atoms with Crippen LogP contribution in [0.15, 0.2) is 41.4 Å². The van der Waals surface area contributed by atoms with Crippen LogP contribution in [0.2, 0.25) is 0 Å². The zero-order valence-electron chi connectivity index (χ0n) is 17.4. The summed E-state index contributed by atoms with van der Waals surface area (Å²) in [5, 5.41) is 7.98. The lowest BCUT2D eigenvalue weighted by Crippen LogP contribution is -2.46. The second-order valence-corrected chi connectivity index (χ2v) is 9.07. The van der Waals surface area contributed by atoms with E-state index >= 15 is 0 Å². The summed E-state index contributed by atoms with van der Waals surface area (Å²) in [7, 11) is 0. The van der Waals surface area contributed by atoms with E-state index in [1.165, 1.54) is 4.40 Å². The minimum atomic E-state index is -4.51. The molecule has 5 nitrogen and oxygen atoms in total. The number of para-hydroxylation sites is 1. The van der Waals surface area contributed by atoms with Gasteiger partial charge in [-0.2, -0.15) is 17.1 Å². The molecular weight excluding hydrogens is 442 g/mol. The Balaban J connectivity index is 1.35. The first kappa shape index (κ1) is 21.5. The lowest BCUT2D eigenvalue weighted by atomic mass is 10.1. The van der Waals surface area contributed by atoms with Crippen molar-refractivity contribution < 1.29 is 17.1 Å². The van der Waals surface area contributed by atoms with Crippen LogP contribution in [0.5, 0.6) is 0 Å². The molecule has 0 spiro atoms. The van der Waals surface area contributed by atoms with Crippen molar-refractivity contribution in [2.45, 2.75) is 36.9 Å². The van der Waals surface area contributed by atoms with Crippen LogP contribution in [0, 0.1) is 5.92 Å². The maximum absolute atomic E-state index is 14.0. The Morgan fingerprint density at radius 3 is 2.44 bits per heavy atom. The number of aromatic nitrogens is 3. The molecule has 0 radical (unpaired) electrons. The third-order valence-electron chi connectivity index (χ3n) is 6.24. The summed E-state index contributed by atoms with van der Waals surface area (Å²) < 4.78 is 56.8. The van der Waals surface area contributed by atoms with Crippen LogP contribution in [0.4, 0.5) is 22.7 Å². The minimum Gasteiger partial charge on any atom is -0.368 e. The molecule has 1 aromatic carbocycles. The van der Waals surface area contributed by atoms with Gasteiger partial charge in [0.1, 0.15) is 11.4 Å². The third kappa shape index (κ3) is 4.30. The van der Waals surface area contributed by atoms with Crippen molar-refractivity contribution in [2.24, 2.45) is 5.92 Å². The smallest absolute Gasteiger partial charge is 0.368 e. The van der Waals surface area contributed by atoms with Gasteiger partial charge in [-0.05, 0) is 42.5 Å². The van der Waals surface area contributed by atoms with Gasteiger partial charge in [0.2, 0.25) is 0 Å². The molecular formula is C22H23F4N5S. The van der Waals surface area contributed by atoms with Crippen LogP contribution in [-0.2, 0) is 19.1 Å². The monoisotopic (exact) mass is 465 g/mol. The summed E-state index contributed by atoms with van der Waals surface area (Å²) in [5.41, 5.74) is 0.224. The molecule has 2 fully saturated rings. The molecule has 3 aromatic rings. The quantitative estimate of drug-likeness (QED) is 0.479. The number of hydrogen-bond donors (Lipinski definition) is 0. The summed E-state index contributed by atoms with van der Waals surface area (Å²) in [6.45, 7) is 2.61. The van der Waals surface area contributed by atoms with E-state index < -0.39 is 11.7 Å². The number of rotatable bonds is 6. The number of benzene rings is 1. The van der Waals surface area contributed by atoms with Crippen LogP contribution in [0.3, 0.4) is 0 Å². The number of piperazine rings is 1. The van der Waals surface area contributed by atoms with E-state index in [0.717, 1.165) is 18.5 Å². The Morgan fingerprint density at radius 2 is 1.75 bits per heavy atom. The highest BCUT2D eigenvalue weighted by Crippen LogP contribution is 2.37. The fourth-order valence-electron chi connectivity index (χ4n) is 4.37. The highest BCUT2D eigenvalue weighted by Gasteiger charge is 2.38. The van der Waals surface area contributed by atoms with E-state index in [-0.39, 0.29) is 29.9 Å². The first-order chi connectivity index (χ1) is 15.4. The average Bonchev–Trinajstić information content (AvgIpc) is 3.52. The van der Waals surface area contributed by atoms with Crippen molar-refractivity contribution in [2.75, 3.05) is 31.1 Å². The topological polar surface area (TPSA) is 36.7 Å². The summed E-state index contributed by atoms with van der Waals surface area (Å²) in [6, 6.07) is 8.81. The fourth-order valence-corrected chi connectivity index (χ4v) is 4.78. The second kappa shape index (κ2) is 8.55. The Kier molecular flexibility index (Phi) is 5.75. The molecule has 32 heavy (non-hydrogen) atoms. The van der Waals surface area contributed by atoms with Crippen LogP contribution < -0.4 is 4.90 Å². The SMILES string of the molecule is FSc1ccccc1N1CCN(Cc2ccn3c(CC4CC4)nnc3c2C(F)(F)F)CC1. The molecule has 1 saturated heterocycles. The van der Waals surface area contributed by atoms with Crippen molar-refractivity contribution in [1.82, 2.24) is 19.5 Å². The molecule has 1 aliphatic heterocycles. The molecule has 10 heteroatoms. The molecule has 3 heterocycles. The highest BCUT2D eigenvalue weighted by atomic mass is 32.2. The molecule has 0 amide bonds. The van der Waals surface area contributed by atoms with E-state index in [2.05, 4.69) is 15.1 Å². The van der Waals surface area contributed by atoms with Gasteiger partial charge in [0.05, 0.1) is 22.7 Å². The molecule has 2 aromatic heterocycles. The van der Waals surface area contributed by atoms with Crippen molar-refractivity contribution in [3.05, 3.63) is 53.5 Å². The molecule has 0 atom stereocenters. The molecule has 170 valence electrons. The minimum absolute atomic E-state index is 0.113. The van der Waals surface area contributed by atoms with Crippen LogP contribution in [0.25, 0.3) is 5.65 Å². The van der Waals surface area contributed by atoms with Gasteiger partial charge in [-0.15, -0.1) is 10.2 Å². The van der Waals surface area contributed by atoms with E-state index in [4.69, 9.17) is 0 Å². The van der Waals surface area contributed by atoms with Gasteiger partial charge in [-0.3, -0.25) is 9.30 Å². The van der Waals surface area contributed by atoms with Gasteiger partial charge in [-0.25, -0.2) is 0 Å². The predicted octanol–water partition coefficient (Wildman–Crippen LogP) is 5.00. The number of alkyl halides is 3. The molecule has 1 saturated carbocycles. The Labute approximate surface area is 187 Å². The van der Waals surface area contributed by atoms with Gasteiger partial charge < -0.3 is 4.90 Å². The zero-order valence-corrected chi connectivity index (χ0v) is 18.2. The third-order valence-corrected chi connectivity index (χ3v) is 6.75. The fraction of sp³-hybridized carbons (Fsp3) is 0.455. The van der Waals surface area contributed by atoms with Crippen molar-refractivity contribution in [3.63, 3.8) is 0 Å². The average molecular weight is 466 g/mol. The van der Waals surface area contributed by atoms with Crippen LogP contribution >= 0.6 is 12.1 Å². The van der Waals surface area contributed by atoms with E-state index in [9.17, 15) is 17.1 Å². The van der Waals surface area contributed by atoms with Crippen molar-refractivity contribution in [1.29, 1.82) is 0 Å². The number of pyridine rings is 1. The summed E-state index contributed by atoms with van der Waals surface area (Å²) >= 11 is 0.212. The summed E-state index contributed by atoms with van der Waals surface area (Å²) in [6.07, 6.45) is 0.0149. The van der Waals surface area contributed by atoms with Gasteiger partial charge in [0, 0.05) is 45.3 Å². The predicted molar refractivity (Wildman–Crippen MR) is 115 cm³/mol. The number of anilines is 1. The number of fused-ring (bicyclic) bond motifs is 1. The Bertz CT molecular complexity index is 1100. The lowest BCUT2D eigenvalue weighted by Gasteiger charge is -2.37. The van der Waals surface area contributed by atoms with Gasteiger partial charge in [0.15, 0.2) is 5.65 Å². The standard InChI is InChI=1S/C22H23F4N5S/c23-22(24,25)20-16(7-8-31-19(13-15-5-6-15)27-28-21(20)31)14-29-9-11-30(12-10-29)17-3-1-2-4-18(17)32-26/h1-4,7-8,15H,5-6,9-14H2. The summed E-state index contributed by atoms with van der Waals surface area (Å²) in [4.78, 5) is 4.64. The highest BCUT2D eigenvalue weighted by molar-refractivity contribution is 7.94. The lowest BCUT2D eigenvalue weighted by molar-refractivity contribution is -0.137. The molecule has 5 rings (SSSR count). The molecule has 0 bridgehead atoms. The van der Waals surface area contributed by atoms with Gasteiger partial charge in [-0.1, -0.05) is 12.1 Å². The van der Waals surface area contributed by atoms with Crippen molar-refractivity contribution >= 4 is 23.5 Å². The second-order valence-electron chi connectivity index (χ2n) is 8.48. The van der Waals surface area contributed by atoms with Crippen LogP contribution in [-0.4, -0.2) is 45.7 Å². The van der Waals surface area contributed by atoms with E-state index in [0.29, 0.717) is 49.2 Å². The van der Waals surface area contributed by atoms with Crippen molar-refractivity contribution in [3.8, 4) is 0 Å². The first-order valence-corrected chi connectivity index (χ1v) is 11.4. The molecule has 1 aliphatic carbocycles. The van der Waals surface area contributed by atoms with Gasteiger partial charge in [0.25, 0.3) is 0 Å². The largest absolute Gasteiger partial charge is 0.420 e. The zero-order chi connectivity index (χ0) is 22.3. The number of halogens is 4. The summed E-state index contributed by atoms with van der Waals surface area (Å²) in [5.74, 6) is 1.10. The Morgan fingerprint density at radius 1 is 1.00 bits per heavy atom. The molecule has 0 N–H and O–H groups in total. The van der Waals surface area contributed by atoms with E-state index in [1.807, 2.05) is 17.0 Å². The molecule has 2 aliphatic rings. The maximum atomic E-state index is 14.0. The van der Waals surface area contributed by atoms with Gasteiger partial charge >= 0.3 is 6.18 Å². The Hall–Kier alpha value is -2.33. The molecule has 0 unspecified atom stereocenters. The maximum Gasteiger partial charge on any atom is 0.420 e. The number of hydrogen-bond acceptors (Lipinski definition) is 5. The first-order valence-electron chi connectivity index (χ1n) is 10.7. The normalized spacial score (nSPS) is 17.9.